The number of hydrogen-bond donors (Lipinski definition) is 3. The minimum atomic E-state index is -0.708. The quantitative estimate of drug-likeness (QED) is 0.752. The fourth-order valence-electron chi connectivity index (χ4n) is 2.67. The fourth-order valence-corrected chi connectivity index (χ4v) is 3.60. The van der Waals surface area contributed by atoms with Gasteiger partial charge < -0.3 is 15.7 Å². The van der Waals surface area contributed by atoms with E-state index in [1.165, 1.54) is 4.88 Å². The van der Waals surface area contributed by atoms with E-state index in [1.54, 1.807) is 11.3 Å². The molecular weight excluding hydrogens is 322 g/mol. The fraction of sp³-hybridized carbons (Fsp3) is 0.444. The minimum absolute atomic E-state index is 0.188. The van der Waals surface area contributed by atoms with Gasteiger partial charge in [0.2, 0.25) is 0 Å². The van der Waals surface area contributed by atoms with Crippen LogP contribution >= 0.6 is 11.3 Å². The average Bonchev–Trinajstić information content (AvgIpc) is 2.81. The zero-order valence-electron chi connectivity index (χ0n) is 14.6. The Bertz CT molecular complexity index is 692. The van der Waals surface area contributed by atoms with E-state index in [1.807, 2.05) is 39.8 Å². The molecule has 24 heavy (non-hydrogen) atoms. The second kappa shape index (κ2) is 8.26. The van der Waals surface area contributed by atoms with Crippen LogP contribution in [0.3, 0.4) is 0 Å². The molecular formula is C18H25N3O2S. The first kappa shape index (κ1) is 18.4. The number of aliphatic hydroxyl groups excluding tert-OH is 1. The molecule has 1 atom stereocenters. The third-order valence-corrected chi connectivity index (χ3v) is 4.85. The minimum Gasteiger partial charge on any atom is -0.387 e. The van der Waals surface area contributed by atoms with E-state index >= 15 is 0 Å². The highest BCUT2D eigenvalue weighted by Crippen LogP contribution is 2.17. The van der Waals surface area contributed by atoms with E-state index < -0.39 is 6.10 Å². The Morgan fingerprint density at radius 2 is 1.83 bits per heavy atom. The van der Waals surface area contributed by atoms with Gasteiger partial charge in [0, 0.05) is 24.4 Å². The van der Waals surface area contributed by atoms with Gasteiger partial charge in [-0.05, 0) is 33.3 Å². The van der Waals surface area contributed by atoms with E-state index in [0.717, 1.165) is 33.8 Å². The summed E-state index contributed by atoms with van der Waals surface area (Å²) >= 11 is 1.66. The molecule has 0 saturated carbocycles. The first-order chi connectivity index (χ1) is 11.3. The average molecular weight is 347 g/mol. The number of hydrogen-bond acceptors (Lipinski definition) is 4. The zero-order valence-corrected chi connectivity index (χ0v) is 15.5. The van der Waals surface area contributed by atoms with Gasteiger partial charge in [0.15, 0.2) is 0 Å². The number of aromatic nitrogens is 1. The molecule has 1 aromatic heterocycles. The Morgan fingerprint density at radius 3 is 2.42 bits per heavy atom. The number of aryl methyl sites for hydroxylation is 4. The standard InChI is InChI=1S/C18H25N3O2S/c1-11-7-12(2)9-15(8-11)16(22)10-20-18(23)19-6-5-17-13(3)21-14(4)24-17/h7-9,16,22H,5-6,10H2,1-4H3,(H2,19,20,23). The van der Waals surface area contributed by atoms with Crippen LogP contribution in [0, 0.1) is 27.7 Å². The summed E-state index contributed by atoms with van der Waals surface area (Å²) in [5.41, 5.74) is 4.06. The molecule has 3 N–H and O–H groups in total. The van der Waals surface area contributed by atoms with Gasteiger partial charge in [-0.3, -0.25) is 0 Å². The van der Waals surface area contributed by atoms with Crippen LogP contribution in [0.5, 0.6) is 0 Å². The highest BCUT2D eigenvalue weighted by atomic mass is 32.1. The van der Waals surface area contributed by atoms with E-state index in [9.17, 15) is 9.90 Å². The van der Waals surface area contributed by atoms with E-state index in [0.29, 0.717) is 6.54 Å². The normalized spacial score (nSPS) is 12.0. The lowest BCUT2D eigenvalue weighted by Gasteiger charge is -2.14. The summed E-state index contributed by atoms with van der Waals surface area (Å²) in [6, 6.07) is 5.66. The summed E-state index contributed by atoms with van der Waals surface area (Å²) in [6.07, 6.45) is 0.0606. The largest absolute Gasteiger partial charge is 0.387 e. The molecule has 1 heterocycles. The molecule has 0 radical (unpaired) electrons. The Balaban J connectivity index is 1.75. The van der Waals surface area contributed by atoms with Crippen LogP contribution in [0.15, 0.2) is 18.2 Å². The number of nitrogens with one attached hydrogen (secondary N) is 2. The van der Waals surface area contributed by atoms with Crippen LogP contribution in [0.1, 0.15) is 38.4 Å². The van der Waals surface area contributed by atoms with Gasteiger partial charge in [-0.1, -0.05) is 29.3 Å². The SMILES string of the molecule is Cc1cc(C)cc(C(O)CNC(=O)NCCc2sc(C)nc2C)c1. The Morgan fingerprint density at radius 1 is 1.17 bits per heavy atom. The maximum Gasteiger partial charge on any atom is 0.314 e. The van der Waals surface area contributed by atoms with Crippen molar-refractivity contribution in [3.63, 3.8) is 0 Å². The van der Waals surface area contributed by atoms with Crippen molar-refractivity contribution in [3.05, 3.63) is 50.5 Å². The monoisotopic (exact) mass is 347 g/mol. The first-order valence-corrected chi connectivity index (χ1v) is 8.87. The molecule has 0 aliphatic carbocycles. The van der Waals surface area contributed by atoms with Gasteiger partial charge in [-0.2, -0.15) is 0 Å². The van der Waals surface area contributed by atoms with Crippen molar-refractivity contribution in [3.8, 4) is 0 Å². The van der Waals surface area contributed by atoms with Gasteiger partial charge in [-0.25, -0.2) is 9.78 Å². The summed E-state index contributed by atoms with van der Waals surface area (Å²) in [4.78, 5) is 17.4. The number of rotatable bonds is 6. The summed E-state index contributed by atoms with van der Waals surface area (Å²) in [5.74, 6) is 0. The first-order valence-electron chi connectivity index (χ1n) is 8.06. The van der Waals surface area contributed by atoms with Crippen molar-refractivity contribution in [1.29, 1.82) is 0 Å². The van der Waals surface area contributed by atoms with Gasteiger partial charge in [0.1, 0.15) is 0 Å². The van der Waals surface area contributed by atoms with Crippen molar-refractivity contribution in [2.45, 2.75) is 40.2 Å². The van der Waals surface area contributed by atoms with Crippen molar-refractivity contribution in [2.24, 2.45) is 0 Å². The number of benzene rings is 1. The predicted octanol–water partition coefficient (Wildman–Crippen LogP) is 2.95. The molecule has 1 unspecified atom stereocenters. The highest BCUT2D eigenvalue weighted by Gasteiger charge is 2.11. The summed E-state index contributed by atoms with van der Waals surface area (Å²) in [5, 5.41) is 16.8. The van der Waals surface area contributed by atoms with Crippen LogP contribution in [-0.2, 0) is 6.42 Å². The number of amides is 2. The molecule has 2 aromatic rings. The molecule has 2 rings (SSSR count). The third-order valence-electron chi connectivity index (χ3n) is 3.72. The molecule has 0 spiro atoms. The molecule has 0 bridgehead atoms. The summed E-state index contributed by atoms with van der Waals surface area (Å²) < 4.78 is 0. The smallest absolute Gasteiger partial charge is 0.314 e. The van der Waals surface area contributed by atoms with Gasteiger partial charge in [0.05, 0.1) is 16.8 Å². The maximum atomic E-state index is 11.8. The van der Waals surface area contributed by atoms with Gasteiger partial charge in [-0.15, -0.1) is 11.3 Å². The van der Waals surface area contributed by atoms with Crippen molar-refractivity contribution >= 4 is 17.4 Å². The van der Waals surface area contributed by atoms with Crippen molar-refractivity contribution < 1.29 is 9.90 Å². The lowest BCUT2D eigenvalue weighted by molar-refractivity contribution is 0.173. The van der Waals surface area contributed by atoms with E-state index in [2.05, 4.69) is 21.7 Å². The number of urea groups is 1. The molecule has 0 fully saturated rings. The second-order valence-electron chi connectivity index (χ2n) is 6.07. The molecule has 130 valence electrons. The van der Waals surface area contributed by atoms with Crippen LogP contribution in [0.2, 0.25) is 0 Å². The lowest BCUT2D eigenvalue weighted by atomic mass is 10.0. The zero-order chi connectivity index (χ0) is 17.7. The molecule has 2 amide bonds. The number of carbonyl (C=O) groups excluding carboxylic acids is 1. The molecule has 5 nitrogen and oxygen atoms in total. The van der Waals surface area contributed by atoms with E-state index in [-0.39, 0.29) is 12.6 Å². The molecule has 0 aliphatic rings. The molecule has 6 heteroatoms. The highest BCUT2D eigenvalue weighted by molar-refractivity contribution is 7.11. The van der Waals surface area contributed by atoms with Crippen LogP contribution in [0.25, 0.3) is 0 Å². The predicted molar refractivity (Wildman–Crippen MR) is 97.6 cm³/mol. The van der Waals surface area contributed by atoms with E-state index in [4.69, 9.17) is 0 Å². The van der Waals surface area contributed by atoms with Crippen LogP contribution in [-0.4, -0.2) is 29.2 Å². The third kappa shape index (κ3) is 5.32. The molecule has 0 saturated heterocycles. The topological polar surface area (TPSA) is 74.2 Å². The lowest BCUT2D eigenvalue weighted by Crippen LogP contribution is -2.38. The number of thiazole rings is 1. The second-order valence-corrected chi connectivity index (χ2v) is 7.35. The van der Waals surface area contributed by atoms with Crippen molar-refractivity contribution in [2.75, 3.05) is 13.1 Å². The summed E-state index contributed by atoms with van der Waals surface area (Å²) in [6.45, 7) is 8.69. The Hall–Kier alpha value is -1.92. The van der Waals surface area contributed by atoms with Crippen LogP contribution < -0.4 is 10.6 Å². The molecule has 0 aliphatic heterocycles. The van der Waals surface area contributed by atoms with Crippen LogP contribution in [0.4, 0.5) is 4.79 Å². The van der Waals surface area contributed by atoms with Crippen molar-refractivity contribution in [1.82, 2.24) is 15.6 Å². The summed E-state index contributed by atoms with van der Waals surface area (Å²) in [7, 11) is 0. The van der Waals surface area contributed by atoms with Gasteiger partial charge in [0.25, 0.3) is 0 Å². The maximum absolute atomic E-state index is 11.8. The number of aliphatic hydroxyl groups is 1. The Kier molecular flexibility index (Phi) is 6.34. The van der Waals surface area contributed by atoms with Gasteiger partial charge >= 0.3 is 6.03 Å². The Labute approximate surface area is 147 Å². The molecule has 1 aromatic carbocycles. The number of nitrogens with zero attached hydrogens (tertiary/aromatic N) is 1. The number of carbonyl (C=O) groups is 1.